The Hall–Kier alpha value is -0.980. The maximum absolute atomic E-state index is 9.59. The van der Waals surface area contributed by atoms with Gasteiger partial charge in [-0.1, -0.05) is 30.0 Å². The molecule has 0 aliphatic rings. The predicted octanol–water partition coefficient (Wildman–Crippen LogP) is 2.53. The number of hydrogen-bond donors (Lipinski definition) is 1. The Balaban J connectivity index is 2.07. The Morgan fingerprint density at radius 1 is 1.50 bits per heavy atom. The van der Waals surface area contributed by atoms with Crippen molar-refractivity contribution in [3.63, 3.8) is 0 Å². The molecule has 0 saturated carbocycles. The van der Waals surface area contributed by atoms with E-state index in [0.29, 0.717) is 12.1 Å². The van der Waals surface area contributed by atoms with Crippen molar-refractivity contribution in [1.29, 1.82) is 0 Å². The zero-order valence-electron chi connectivity index (χ0n) is 8.70. The minimum absolute atomic E-state index is 0.472. The number of aliphatic hydroxyl groups excluding tert-OH is 1. The highest BCUT2D eigenvalue weighted by Gasteiger charge is 2.07. The number of pyridine rings is 1. The number of nitrogens with zero attached hydrogens (tertiary/aromatic N) is 3. The first-order valence-electron chi connectivity index (χ1n) is 4.87. The van der Waals surface area contributed by atoms with Crippen molar-refractivity contribution in [1.82, 2.24) is 15.2 Å². The second kappa shape index (κ2) is 5.38. The topological polar surface area (TPSA) is 58.9 Å². The molecule has 0 aromatic carbocycles. The third kappa shape index (κ3) is 2.78. The molecule has 0 fully saturated rings. The quantitative estimate of drug-likeness (QED) is 0.907. The molecule has 1 atom stereocenters. The maximum atomic E-state index is 9.59. The Bertz CT molecular complexity index is 430. The lowest BCUT2D eigenvalue weighted by Crippen LogP contribution is -1.97. The average Bonchev–Trinajstić information content (AvgIpc) is 2.82. The van der Waals surface area contributed by atoms with Crippen molar-refractivity contribution in [3.8, 4) is 0 Å². The van der Waals surface area contributed by atoms with Crippen LogP contribution in [0, 0.1) is 0 Å². The first-order valence-corrected chi connectivity index (χ1v) is 6.57. The molecule has 1 N–H and O–H groups in total. The summed E-state index contributed by atoms with van der Waals surface area (Å²) < 4.78 is 0.894. The average molecular weight is 253 g/mol. The molecular formula is C10H11N3OS2. The lowest BCUT2D eigenvalue weighted by atomic mass is 10.2. The van der Waals surface area contributed by atoms with Crippen LogP contribution in [-0.4, -0.2) is 20.3 Å². The van der Waals surface area contributed by atoms with E-state index >= 15 is 0 Å². The minimum atomic E-state index is -0.472. The molecule has 16 heavy (non-hydrogen) atoms. The van der Waals surface area contributed by atoms with E-state index in [-0.39, 0.29) is 0 Å². The molecule has 2 aromatic rings. The molecule has 0 aliphatic carbocycles. The second-order valence-electron chi connectivity index (χ2n) is 3.15. The molecule has 0 saturated heterocycles. The van der Waals surface area contributed by atoms with Crippen molar-refractivity contribution in [2.45, 2.75) is 28.7 Å². The fourth-order valence-electron chi connectivity index (χ4n) is 1.17. The van der Waals surface area contributed by atoms with E-state index in [1.807, 2.05) is 19.1 Å². The molecule has 2 rings (SSSR count). The summed E-state index contributed by atoms with van der Waals surface area (Å²) >= 11 is 3.02. The molecular weight excluding hydrogens is 242 g/mol. The van der Waals surface area contributed by atoms with Gasteiger partial charge in [0.25, 0.3) is 0 Å². The van der Waals surface area contributed by atoms with Crippen LogP contribution in [0.5, 0.6) is 0 Å². The molecule has 2 heterocycles. The maximum Gasteiger partial charge on any atom is 0.178 e. The number of hydrogen-bond acceptors (Lipinski definition) is 6. The van der Waals surface area contributed by atoms with Crippen LogP contribution in [0.15, 0.2) is 33.1 Å². The van der Waals surface area contributed by atoms with Crippen molar-refractivity contribution in [2.24, 2.45) is 0 Å². The molecule has 6 heteroatoms. The summed E-state index contributed by atoms with van der Waals surface area (Å²) in [6.45, 7) is 1.93. The van der Waals surface area contributed by atoms with Crippen LogP contribution < -0.4 is 0 Å². The summed E-state index contributed by atoms with van der Waals surface area (Å²) in [6, 6.07) is 3.78. The smallest absolute Gasteiger partial charge is 0.178 e. The van der Waals surface area contributed by atoms with Crippen LogP contribution in [0.2, 0.25) is 0 Å². The van der Waals surface area contributed by atoms with Gasteiger partial charge in [0.2, 0.25) is 0 Å². The summed E-state index contributed by atoms with van der Waals surface area (Å²) in [5.41, 5.74) is 2.41. The zero-order chi connectivity index (χ0) is 11.4. The largest absolute Gasteiger partial charge is 0.387 e. The van der Waals surface area contributed by atoms with Gasteiger partial charge in [-0.3, -0.25) is 4.98 Å². The van der Waals surface area contributed by atoms with E-state index in [4.69, 9.17) is 0 Å². The van der Waals surface area contributed by atoms with Gasteiger partial charge in [-0.05, 0) is 18.6 Å². The van der Waals surface area contributed by atoms with Crippen molar-refractivity contribution < 1.29 is 5.11 Å². The molecule has 0 aliphatic heterocycles. The van der Waals surface area contributed by atoms with E-state index in [1.54, 1.807) is 11.7 Å². The van der Waals surface area contributed by atoms with Gasteiger partial charge < -0.3 is 5.11 Å². The van der Waals surface area contributed by atoms with Crippen LogP contribution in [-0.2, 0) is 0 Å². The van der Waals surface area contributed by atoms with Gasteiger partial charge in [-0.2, -0.15) is 0 Å². The second-order valence-corrected chi connectivity index (χ2v) is 5.30. The zero-order valence-corrected chi connectivity index (χ0v) is 10.3. The molecule has 0 radical (unpaired) electrons. The van der Waals surface area contributed by atoms with Crippen LogP contribution in [0.1, 0.15) is 25.1 Å². The molecule has 0 spiro atoms. The van der Waals surface area contributed by atoms with E-state index in [9.17, 15) is 5.11 Å². The summed E-state index contributed by atoms with van der Waals surface area (Å²) in [4.78, 5) is 5.22. The third-order valence-corrected chi connectivity index (χ3v) is 3.79. The summed E-state index contributed by atoms with van der Waals surface area (Å²) in [7, 11) is 0. The minimum Gasteiger partial charge on any atom is -0.387 e. The van der Waals surface area contributed by atoms with Crippen molar-refractivity contribution in [2.75, 3.05) is 0 Å². The highest BCUT2D eigenvalue weighted by Crippen LogP contribution is 2.28. The van der Waals surface area contributed by atoms with Gasteiger partial charge in [-0.15, -0.1) is 10.2 Å². The van der Waals surface area contributed by atoms with Gasteiger partial charge in [0.1, 0.15) is 5.51 Å². The third-order valence-electron chi connectivity index (χ3n) is 2.03. The number of rotatable bonds is 4. The Morgan fingerprint density at radius 2 is 2.38 bits per heavy atom. The van der Waals surface area contributed by atoms with Crippen molar-refractivity contribution in [3.05, 3.63) is 29.5 Å². The van der Waals surface area contributed by atoms with Crippen LogP contribution >= 0.6 is 23.1 Å². The molecule has 1 unspecified atom stereocenters. The van der Waals surface area contributed by atoms with Gasteiger partial charge >= 0.3 is 0 Å². The normalized spacial score (nSPS) is 12.6. The Kier molecular flexibility index (Phi) is 3.87. The van der Waals surface area contributed by atoms with Crippen LogP contribution in [0.4, 0.5) is 0 Å². The van der Waals surface area contributed by atoms with E-state index in [1.165, 1.54) is 23.1 Å². The Morgan fingerprint density at radius 3 is 2.94 bits per heavy atom. The highest BCUT2D eigenvalue weighted by atomic mass is 32.2. The molecule has 0 amide bonds. The van der Waals surface area contributed by atoms with Crippen LogP contribution in [0.25, 0.3) is 0 Å². The lowest BCUT2D eigenvalue weighted by Gasteiger charge is -2.06. The lowest BCUT2D eigenvalue weighted by molar-refractivity contribution is 0.169. The van der Waals surface area contributed by atoms with E-state index < -0.39 is 6.10 Å². The first kappa shape index (κ1) is 11.5. The molecule has 0 bridgehead atoms. The monoisotopic (exact) mass is 253 g/mol. The van der Waals surface area contributed by atoms with Gasteiger partial charge in [-0.25, -0.2) is 0 Å². The number of aliphatic hydroxyl groups is 1. The van der Waals surface area contributed by atoms with Crippen LogP contribution in [0.3, 0.4) is 0 Å². The van der Waals surface area contributed by atoms with Crippen molar-refractivity contribution >= 4 is 23.1 Å². The first-order chi connectivity index (χ1) is 7.79. The Labute approximate surface area is 102 Å². The molecule has 4 nitrogen and oxygen atoms in total. The van der Waals surface area contributed by atoms with Gasteiger partial charge in [0.05, 0.1) is 11.8 Å². The van der Waals surface area contributed by atoms with Gasteiger partial charge in [0, 0.05) is 11.1 Å². The fourth-order valence-corrected chi connectivity index (χ4v) is 2.59. The summed E-state index contributed by atoms with van der Waals surface area (Å²) in [6.07, 6.45) is 1.96. The molecule has 84 valence electrons. The fraction of sp³-hybridized carbons (Fsp3) is 0.300. The standard InChI is InChI=1S/C10H11N3OS2/c1-2-9(14)8-4-3-7(5-11-8)16-10-13-12-6-15-10/h3-6,9,14H,2H2,1H3. The SMILES string of the molecule is CCC(O)c1ccc(Sc2nncs2)cn1. The highest BCUT2D eigenvalue weighted by molar-refractivity contribution is 8.01. The predicted molar refractivity (Wildman–Crippen MR) is 63.5 cm³/mol. The van der Waals surface area contributed by atoms with E-state index in [0.717, 1.165) is 9.24 Å². The summed E-state index contributed by atoms with van der Waals surface area (Å²) in [5.74, 6) is 0. The molecule has 2 aromatic heterocycles. The van der Waals surface area contributed by atoms with Gasteiger partial charge in [0.15, 0.2) is 4.34 Å². The summed E-state index contributed by atoms with van der Waals surface area (Å²) in [5, 5.41) is 17.3. The number of aromatic nitrogens is 3. The van der Waals surface area contributed by atoms with E-state index in [2.05, 4.69) is 15.2 Å².